The summed E-state index contributed by atoms with van der Waals surface area (Å²) in [6.07, 6.45) is 1.45. The lowest BCUT2D eigenvalue weighted by atomic mass is 10.4. The van der Waals surface area contributed by atoms with Crippen LogP contribution < -0.4 is 5.56 Å². The van der Waals surface area contributed by atoms with Crippen LogP contribution in [0.1, 0.15) is 19.2 Å². The molecule has 0 aromatic carbocycles. The third-order valence-electron chi connectivity index (χ3n) is 1.65. The first-order chi connectivity index (χ1) is 6.76. The summed E-state index contributed by atoms with van der Waals surface area (Å²) >= 11 is 1.50. The number of H-pyrrole nitrogens is 1. The first-order valence-electron chi connectivity index (χ1n) is 4.60. The van der Waals surface area contributed by atoms with E-state index in [4.69, 9.17) is 5.11 Å². The summed E-state index contributed by atoms with van der Waals surface area (Å²) in [5.41, 5.74) is -0.108. The maximum atomic E-state index is 11.1. The van der Waals surface area contributed by atoms with E-state index in [1.807, 2.05) is 6.92 Å². The molecule has 0 fully saturated rings. The van der Waals surface area contributed by atoms with Gasteiger partial charge in [0.25, 0.3) is 5.56 Å². The van der Waals surface area contributed by atoms with Gasteiger partial charge in [0.15, 0.2) is 0 Å². The van der Waals surface area contributed by atoms with Gasteiger partial charge in [0, 0.05) is 24.8 Å². The van der Waals surface area contributed by atoms with E-state index < -0.39 is 0 Å². The van der Waals surface area contributed by atoms with Gasteiger partial charge in [0.05, 0.1) is 0 Å². The zero-order valence-electron chi connectivity index (χ0n) is 8.12. The van der Waals surface area contributed by atoms with Gasteiger partial charge in [-0.15, -0.1) is 11.8 Å². The standard InChI is InChI=1S/C9H14N2O2S/c1-2-7-10-8(13)6-9(11-7)14-5-3-4-12/h6,12H,2-5H2,1H3,(H,10,11,13). The maximum Gasteiger partial charge on any atom is 0.251 e. The fourth-order valence-corrected chi connectivity index (χ4v) is 1.81. The third-order valence-corrected chi connectivity index (χ3v) is 2.65. The van der Waals surface area contributed by atoms with Crippen LogP contribution in [0.15, 0.2) is 15.9 Å². The van der Waals surface area contributed by atoms with Crippen molar-refractivity contribution in [2.45, 2.75) is 24.8 Å². The van der Waals surface area contributed by atoms with Crippen molar-refractivity contribution in [3.63, 3.8) is 0 Å². The lowest BCUT2D eigenvalue weighted by molar-refractivity contribution is 0.296. The molecule has 0 aliphatic rings. The second-order valence-corrected chi connectivity index (χ2v) is 3.92. The molecule has 1 rings (SSSR count). The van der Waals surface area contributed by atoms with Crippen LogP contribution in [0.4, 0.5) is 0 Å². The first kappa shape index (κ1) is 11.3. The van der Waals surface area contributed by atoms with Crippen LogP contribution >= 0.6 is 11.8 Å². The van der Waals surface area contributed by atoms with E-state index in [0.29, 0.717) is 5.82 Å². The monoisotopic (exact) mass is 214 g/mol. The largest absolute Gasteiger partial charge is 0.396 e. The highest BCUT2D eigenvalue weighted by Crippen LogP contribution is 2.13. The van der Waals surface area contributed by atoms with Crippen LogP contribution in [0.2, 0.25) is 0 Å². The summed E-state index contributed by atoms with van der Waals surface area (Å²) in [7, 11) is 0. The smallest absolute Gasteiger partial charge is 0.251 e. The number of aromatic nitrogens is 2. The van der Waals surface area contributed by atoms with E-state index in [-0.39, 0.29) is 12.2 Å². The Morgan fingerprint density at radius 1 is 1.64 bits per heavy atom. The second kappa shape index (κ2) is 5.82. The van der Waals surface area contributed by atoms with E-state index in [1.165, 1.54) is 17.8 Å². The molecule has 5 heteroatoms. The fraction of sp³-hybridized carbons (Fsp3) is 0.556. The average Bonchev–Trinajstić information content (AvgIpc) is 2.17. The Kier molecular flexibility index (Phi) is 4.69. The van der Waals surface area contributed by atoms with Crippen molar-refractivity contribution in [1.29, 1.82) is 0 Å². The minimum atomic E-state index is -0.108. The summed E-state index contributed by atoms with van der Waals surface area (Å²) in [6, 6.07) is 1.49. The van der Waals surface area contributed by atoms with Crippen LogP contribution in [-0.4, -0.2) is 27.4 Å². The third kappa shape index (κ3) is 3.51. The van der Waals surface area contributed by atoms with Crippen LogP contribution in [-0.2, 0) is 6.42 Å². The Morgan fingerprint density at radius 2 is 2.43 bits per heavy atom. The van der Waals surface area contributed by atoms with Crippen LogP contribution in [0, 0.1) is 0 Å². The van der Waals surface area contributed by atoms with Gasteiger partial charge >= 0.3 is 0 Å². The van der Waals surface area contributed by atoms with Crippen LogP contribution in [0.5, 0.6) is 0 Å². The predicted molar refractivity (Wildman–Crippen MR) is 56.7 cm³/mol. The van der Waals surface area contributed by atoms with Crippen molar-refractivity contribution in [2.24, 2.45) is 0 Å². The normalized spacial score (nSPS) is 10.4. The molecular weight excluding hydrogens is 200 g/mol. The van der Waals surface area contributed by atoms with Gasteiger partial charge in [-0.3, -0.25) is 4.79 Å². The zero-order chi connectivity index (χ0) is 10.4. The molecule has 1 aromatic heterocycles. The Hall–Kier alpha value is -0.810. The predicted octanol–water partition coefficient (Wildman–Crippen LogP) is 0.807. The summed E-state index contributed by atoms with van der Waals surface area (Å²) in [5, 5.41) is 9.33. The minimum absolute atomic E-state index is 0.108. The molecule has 0 aliphatic carbocycles. The molecule has 2 N–H and O–H groups in total. The van der Waals surface area contributed by atoms with Gasteiger partial charge in [-0.25, -0.2) is 4.98 Å². The highest BCUT2D eigenvalue weighted by Gasteiger charge is 1.99. The molecule has 0 saturated heterocycles. The molecule has 0 amide bonds. The van der Waals surface area contributed by atoms with Crippen LogP contribution in [0.3, 0.4) is 0 Å². The lowest BCUT2D eigenvalue weighted by Crippen LogP contribution is -2.10. The van der Waals surface area contributed by atoms with Gasteiger partial charge in [-0.1, -0.05) is 6.92 Å². The van der Waals surface area contributed by atoms with E-state index >= 15 is 0 Å². The van der Waals surface area contributed by atoms with Crippen molar-refractivity contribution in [3.8, 4) is 0 Å². The molecule has 0 aliphatic heterocycles. The fourth-order valence-electron chi connectivity index (χ4n) is 0.966. The van der Waals surface area contributed by atoms with Crippen molar-refractivity contribution in [1.82, 2.24) is 9.97 Å². The molecule has 0 atom stereocenters. The number of aryl methyl sites for hydroxylation is 1. The van der Waals surface area contributed by atoms with Gasteiger partial charge < -0.3 is 10.1 Å². The molecule has 0 unspecified atom stereocenters. The molecule has 4 nitrogen and oxygen atoms in total. The van der Waals surface area contributed by atoms with Crippen molar-refractivity contribution in [3.05, 3.63) is 22.2 Å². The quantitative estimate of drug-likeness (QED) is 0.432. The molecule has 0 bridgehead atoms. The van der Waals surface area contributed by atoms with Crippen LogP contribution in [0.25, 0.3) is 0 Å². The molecule has 1 aromatic rings. The molecule has 0 radical (unpaired) electrons. The van der Waals surface area contributed by atoms with Gasteiger partial charge in [-0.05, 0) is 6.42 Å². The number of rotatable bonds is 5. The Morgan fingerprint density at radius 3 is 3.07 bits per heavy atom. The number of hydrogen-bond donors (Lipinski definition) is 2. The lowest BCUT2D eigenvalue weighted by Gasteiger charge is -2.01. The Labute approximate surface area is 86.8 Å². The average molecular weight is 214 g/mol. The number of nitrogens with one attached hydrogen (secondary N) is 1. The zero-order valence-corrected chi connectivity index (χ0v) is 8.93. The number of thioether (sulfide) groups is 1. The number of aliphatic hydroxyl groups is 1. The van der Waals surface area contributed by atoms with Gasteiger partial charge in [0.2, 0.25) is 0 Å². The van der Waals surface area contributed by atoms with E-state index in [2.05, 4.69) is 9.97 Å². The summed E-state index contributed by atoms with van der Waals surface area (Å²) in [6.45, 7) is 2.12. The summed E-state index contributed by atoms with van der Waals surface area (Å²) in [4.78, 5) is 18.1. The number of nitrogens with zero attached hydrogens (tertiary/aromatic N) is 1. The topological polar surface area (TPSA) is 66.0 Å². The Balaban J connectivity index is 2.67. The minimum Gasteiger partial charge on any atom is -0.396 e. The Bertz CT molecular complexity index is 338. The highest BCUT2D eigenvalue weighted by atomic mass is 32.2. The molecular formula is C9H14N2O2S. The summed E-state index contributed by atoms with van der Waals surface area (Å²) < 4.78 is 0. The maximum absolute atomic E-state index is 11.1. The number of hydrogen-bond acceptors (Lipinski definition) is 4. The molecule has 0 saturated carbocycles. The number of aromatic amines is 1. The molecule has 14 heavy (non-hydrogen) atoms. The first-order valence-corrected chi connectivity index (χ1v) is 5.58. The second-order valence-electron chi connectivity index (χ2n) is 2.81. The SMILES string of the molecule is CCc1nc(SCCCO)cc(=O)[nH]1. The summed E-state index contributed by atoms with van der Waals surface area (Å²) in [5.74, 6) is 1.50. The van der Waals surface area contributed by atoms with Crippen molar-refractivity contribution < 1.29 is 5.11 Å². The van der Waals surface area contributed by atoms with Crippen molar-refractivity contribution in [2.75, 3.05) is 12.4 Å². The molecule has 78 valence electrons. The van der Waals surface area contributed by atoms with Crippen molar-refractivity contribution >= 4 is 11.8 Å². The van der Waals surface area contributed by atoms with Gasteiger partial charge in [0.1, 0.15) is 10.9 Å². The van der Waals surface area contributed by atoms with E-state index in [0.717, 1.165) is 23.6 Å². The van der Waals surface area contributed by atoms with Gasteiger partial charge in [-0.2, -0.15) is 0 Å². The molecule has 0 spiro atoms. The van der Waals surface area contributed by atoms with E-state index in [1.54, 1.807) is 0 Å². The van der Waals surface area contributed by atoms with E-state index in [9.17, 15) is 4.79 Å². The molecule has 1 heterocycles. The highest BCUT2D eigenvalue weighted by molar-refractivity contribution is 7.99. The number of aliphatic hydroxyl groups excluding tert-OH is 1.